The van der Waals surface area contributed by atoms with Crippen molar-refractivity contribution in [3.05, 3.63) is 0 Å². The summed E-state index contributed by atoms with van der Waals surface area (Å²) in [5, 5.41) is 3.30. The normalized spacial score (nSPS) is 25.8. The summed E-state index contributed by atoms with van der Waals surface area (Å²) in [5.41, 5.74) is 0. The van der Waals surface area contributed by atoms with E-state index in [9.17, 15) is 0 Å². The first-order valence-corrected chi connectivity index (χ1v) is 6.19. The zero-order valence-corrected chi connectivity index (χ0v) is 10.8. The van der Waals surface area contributed by atoms with Crippen LogP contribution in [0, 0.1) is 0 Å². The molecule has 0 aromatic rings. The monoisotopic (exact) mass is 213 g/mol. The topological polar surface area (TPSA) is 18.5 Å². The largest absolute Gasteiger partial charge is 0.317 e. The second-order valence-corrected chi connectivity index (χ2v) is 5.04. The minimum absolute atomic E-state index is 0.643. The molecule has 1 aliphatic rings. The van der Waals surface area contributed by atoms with Crippen molar-refractivity contribution in [2.24, 2.45) is 0 Å². The third kappa shape index (κ3) is 4.49. The van der Waals surface area contributed by atoms with Gasteiger partial charge in [-0.2, -0.15) is 0 Å². The smallest absolute Gasteiger partial charge is 0.0217 e. The number of hydrogen-bond acceptors (Lipinski definition) is 3. The lowest BCUT2D eigenvalue weighted by atomic mass is 10.0. The van der Waals surface area contributed by atoms with Crippen LogP contribution >= 0.6 is 0 Å². The summed E-state index contributed by atoms with van der Waals surface area (Å²) in [5.74, 6) is 0. The van der Waals surface area contributed by atoms with E-state index >= 15 is 0 Å². The van der Waals surface area contributed by atoms with Crippen molar-refractivity contribution in [3.8, 4) is 0 Å². The fourth-order valence-corrected chi connectivity index (χ4v) is 2.18. The van der Waals surface area contributed by atoms with Crippen LogP contribution in [0.2, 0.25) is 0 Å². The first-order chi connectivity index (χ1) is 7.13. The van der Waals surface area contributed by atoms with Gasteiger partial charge in [0.15, 0.2) is 0 Å². The molecule has 0 aromatic heterocycles. The average Bonchev–Trinajstić information content (AvgIpc) is 2.26. The van der Waals surface area contributed by atoms with Gasteiger partial charge in [-0.15, -0.1) is 0 Å². The maximum absolute atomic E-state index is 3.30. The zero-order chi connectivity index (χ0) is 11.3. The SMILES string of the molecule is CNC(C)CCN1CCCC(N(C)C)C1. The van der Waals surface area contributed by atoms with Crippen LogP contribution in [-0.2, 0) is 0 Å². The summed E-state index contributed by atoms with van der Waals surface area (Å²) in [7, 11) is 6.44. The van der Waals surface area contributed by atoms with Gasteiger partial charge < -0.3 is 15.1 Å². The number of rotatable bonds is 5. The van der Waals surface area contributed by atoms with Crippen molar-refractivity contribution < 1.29 is 0 Å². The predicted octanol–water partition coefficient (Wildman–Crippen LogP) is 1.01. The van der Waals surface area contributed by atoms with Crippen LogP contribution in [0.3, 0.4) is 0 Å². The van der Waals surface area contributed by atoms with Crippen molar-refractivity contribution in [1.29, 1.82) is 0 Å². The van der Waals surface area contributed by atoms with Crippen molar-refractivity contribution in [1.82, 2.24) is 15.1 Å². The first-order valence-electron chi connectivity index (χ1n) is 6.19. The molecule has 1 saturated heterocycles. The van der Waals surface area contributed by atoms with Crippen LogP contribution in [0.15, 0.2) is 0 Å². The first kappa shape index (κ1) is 12.9. The Balaban J connectivity index is 2.24. The maximum Gasteiger partial charge on any atom is 0.0217 e. The molecule has 1 rings (SSSR count). The predicted molar refractivity (Wildman–Crippen MR) is 66.3 cm³/mol. The molecule has 1 heterocycles. The maximum atomic E-state index is 3.30. The number of likely N-dealkylation sites (N-methyl/N-ethyl adjacent to an activating group) is 1. The van der Waals surface area contributed by atoms with Crippen LogP contribution in [0.4, 0.5) is 0 Å². The standard InChI is InChI=1S/C12H27N3/c1-11(13-2)7-9-15-8-5-6-12(10-15)14(3)4/h11-13H,5-10H2,1-4H3. The highest BCUT2D eigenvalue weighted by Crippen LogP contribution is 2.14. The summed E-state index contributed by atoms with van der Waals surface area (Å²) < 4.78 is 0. The minimum atomic E-state index is 0.643. The molecular weight excluding hydrogens is 186 g/mol. The van der Waals surface area contributed by atoms with Crippen molar-refractivity contribution in [3.63, 3.8) is 0 Å². The van der Waals surface area contributed by atoms with Gasteiger partial charge in [-0.1, -0.05) is 0 Å². The molecule has 0 aliphatic carbocycles. The van der Waals surface area contributed by atoms with Crippen LogP contribution in [-0.4, -0.2) is 62.7 Å². The quantitative estimate of drug-likeness (QED) is 0.735. The fraction of sp³-hybridized carbons (Fsp3) is 1.00. The Kier molecular flexibility index (Phi) is 5.58. The van der Waals surface area contributed by atoms with E-state index in [1.54, 1.807) is 0 Å². The lowest BCUT2D eigenvalue weighted by Crippen LogP contribution is -2.46. The van der Waals surface area contributed by atoms with Gasteiger partial charge in [0.1, 0.15) is 0 Å². The lowest BCUT2D eigenvalue weighted by molar-refractivity contribution is 0.130. The molecule has 90 valence electrons. The molecule has 3 heteroatoms. The molecule has 15 heavy (non-hydrogen) atoms. The molecule has 2 unspecified atom stereocenters. The third-order valence-electron chi connectivity index (χ3n) is 3.58. The van der Waals surface area contributed by atoms with Crippen molar-refractivity contribution in [2.75, 3.05) is 40.8 Å². The molecule has 0 radical (unpaired) electrons. The van der Waals surface area contributed by atoms with Gasteiger partial charge in [-0.3, -0.25) is 0 Å². The summed E-state index contributed by atoms with van der Waals surface area (Å²) in [6.45, 7) is 6.05. The fourth-order valence-electron chi connectivity index (χ4n) is 2.18. The molecule has 1 fully saturated rings. The molecular formula is C12H27N3. The molecule has 1 N–H and O–H groups in total. The number of nitrogens with one attached hydrogen (secondary N) is 1. The van der Waals surface area contributed by atoms with Crippen LogP contribution < -0.4 is 5.32 Å². The average molecular weight is 213 g/mol. The summed E-state index contributed by atoms with van der Waals surface area (Å²) in [6, 6.07) is 1.41. The Hall–Kier alpha value is -0.120. The molecule has 0 bridgehead atoms. The van der Waals surface area contributed by atoms with Gasteiger partial charge in [-0.05, 0) is 60.4 Å². The van der Waals surface area contributed by atoms with E-state index in [1.165, 1.54) is 38.9 Å². The van der Waals surface area contributed by atoms with Crippen molar-refractivity contribution >= 4 is 0 Å². The summed E-state index contributed by atoms with van der Waals surface area (Å²) >= 11 is 0. The van der Waals surface area contributed by atoms with Crippen LogP contribution in [0.25, 0.3) is 0 Å². The van der Waals surface area contributed by atoms with E-state index in [4.69, 9.17) is 0 Å². The number of nitrogens with zero attached hydrogens (tertiary/aromatic N) is 2. The van der Waals surface area contributed by atoms with Gasteiger partial charge in [-0.25, -0.2) is 0 Å². The van der Waals surface area contributed by atoms with E-state index in [0.29, 0.717) is 6.04 Å². The Morgan fingerprint density at radius 1 is 1.47 bits per heavy atom. The lowest BCUT2D eigenvalue weighted by Gasteiger charge is -2.36. The Morgan fingerprint density at radius 3 is 2.80 bits per heavy atom. The molecule has 1 aliphatic heterocycles. The van der Waals surface area contributed by atoms with Gasteiger partial charge >= 0.3 is 0 Å². The highest BCUT2D eigenvalue weighted by molar-refractivity contribution is 4.78. The highest BCUT2D eigenvalue weighted by atomic mass is 15.2. The van der Waals surface area contributed by atoms with Gasteiger partial charge in [0, 0.05) is 18.6 Å². The number of likely N-dealkylation sites (tertiary alicyclic amines) is 1. The Morgan fingerprint density at radius 2 is 2.20 bits per heavy atom. The van der Waals surface area contributed by atoms with Crippen molar-refractivity contribution in [2.45, 2.75) is 38.3 Å². The third-order valence-corrected chi connectivity index (χ3v) is 3.58. The molecule has 0 aromatic carbocycles. The van der Waals surface area contributed by atoms with Gasteiger partial charge in [0.05, 0.1) is 0 Å². The van der Waals surface area contributed by atoms with Crippen LogP contribution in [0.1, 0.15) is 26.2 Å². The highest BCUT2D eigenvalue weighted by Gasteiger charge is 2.20. The van der Waals surface area contributed by atoms with E-state index in [-0.39, 0.29) is 0 Å². The second kappa shape index (κ2) is 6.46. The van der Waals surface area contributed by atoms with E-state index in [0.717, 1.165) is 6.04 Å². The van der Waals surface area contributed by atoms with Crippen LogP contribution in [0.5, 0.6) is 0 Å². The Bertz CT molecular complexity index is 170. The molecule has 0 saturated carbocycles. The summed E-state index contributed by atoms with van der Waals surface area (Å²) in [4.78, 5) is 4.98. The number of piperidine rings is 1. The Labute approximate surface area is 94.8 Å². The molecule has 0 spiro atoms. The molecule has 2 atom stereocenters. The minimum Gasteiger partial charge on any atom is -0.317 e. The van der Waals surface area contributed by atoms with E-state index < -0.39 is 0 Å². The molecule has 3 nitrogen and oxygen atoms in total. The van der Waals surface area contributed by atoms with E-state index in [2.05, 4.69) is 36.1 Å². The van der Waals surface area contributed by atoms with E-state index in [1.807, 2.05) is 7.05 Å². The van der Waals surface area contributed by atoms with Gasteiger partial charge in [0.2, 0.25) is 0 Å². The zero-order valence-electron chi connectivity index (χ0n) is 10.8. The van der Waals surface area contributed by atoms with Gasteiger partial charge in [0.25, 0.3) is 0 Å². The second-order valence-electron chi connectivity index (χ2n) is 5.04. The summed E-state index contributed by atoms with van der Waals surface area (Å²) in [6.07, 6.45) is 3.98. The number of hydrogen-bond donors (Lipinski definition) is 1. The molecule has 0 amide bonds.